The topological polar surface area (TPSA) is 30.2 Å². The summed E-state index contributed by atoms with van der Waals surface area (Å²) in [4.78, 5) is 12.0. The molecular formula is C17H11ClO2. The van der Waals surface area contributed by atoms with Crippen LogP contribution in [0.2, 0.25) is 5.02 Å². The highest BCUT2D eigenvalue weighted by Gasteiger charge is 2.08. The third kappa shape index (κ3) is 2.65. The lowest BCUT2D eigenvalue weighted by molar-refractivity contribution is 0.102. The van der Waals surface area contributed by atoms with Crippen LogP contribution in [0.15, 0.2) is 65.1 Å². The predicted molar refractivity (Wildman–Crippen MR) is 81.0 cm³/mol. The molecule has 0 unspecified atom stereocenters. The molecule has 2 aromatic carbocycles. The van der Waals surface area contributed by atoms with Crippen LogP contribution in [-0.2, 0) is 0 Å². The Hall–Kier alpha value is -2.32. The maximum absolute atomic E-state index is 12.0. The van der Waals surface area contributed by atoms with Gasteiger partial charge in [0.15, 0.2) is 5.76 Å². The number of hydrogen-bond acceptors (Lipinski definition) is 2. The summed E-state index contributed by atoms with van der Waals surface area (Å²) in [7, 11) is 0. The summed E-state index contributed by atoms with van der Waals surface area (Å²) in [6, 6.07) is 16.6. The van der Waals surface area contributed by atoms with Crippen molar-refractivity contribution in [3.63, 3.8) is 0 Å². The van der Waals surface area contributed by atoms with E-state index in [-0.39, 0.29) is 5.78 Å². The van der Waals surface area contributed by atoms with Crippen molar-refractivity contribution < 1.29 is 9.21 Å². The monoisotopic (exact) mass is 282 g/mol. The molecule has 1 heterocycles. The van der Waals surface area contributed by atoms with Crippen LogP contribution in [0.25, 0.3) is 17.0 Å². The van der Waals surface area contributed by atoms with Crippen LogP contribution in [0.4, 0.5) is 0 Å². The molecule has 0 saturated heterocycles. The SMILES string of the molecule is O=C(C=Cc1ccc(Cl)cc1)c1cc2ccccc2o1. The molecule has 0 N–H and O–H groups in total. The summed E-state index contributed by atoms with van der Waals surface area (Å²) in [5.41, 5.74) is 1.63. The zero-order valence-corrected chi connectivity index (χ0v) is 11.3. The van der Waals surface area contributed by atoms with Crippen LogP contribution in [0, 0.1) is 0 Å². The van der Waals surface area contributed by atoms with E-state index in [0.29, 0.717) is 10.8 Å². The van der Waals surface area contributed by atoms with Crippen molar-refractivity contribution in [1.82, 2.24) is 0 Å². The first kappa shape index (κ1) is 12.7. The van der Waals surface area contributed by atoms with Crippen molar-refractivity contribution in [1.29, 1.82) is 0 Å². The molecule has 3 rings (SSSR count). The Balaban J connectivity index is 1.83. The number of hydrogen-bond donors (Lipinski definition) is 0. The second kappa shape index (κ2) is 5.35. The smallest absolute Gasteiger partial charge is 0.221 e. The van der Waals surface area contributed by atoms with Gasteiger partial charge in [0.2, 0.25) is 5.78 Å². The van der Waals surface area contributed by atoms with Crippen LogP contribution in [-0.4, -0.2) is 5.78 Å². The Labute approximate surface area is 121 Å². The normalized spacial score (nSPS) is 11.2. The third-order valence-corrected chi connectivity index (χ3v) is 3.22. The summed E-state index contributed by atoms with van der Waals surface area (Å²) in [5, 5.41) is 1.60. The van der Waals surface area contributed by atoms with Crippen LogP contribution in [0.5, 0.6) is 0 Å². The zero-order chi connectivity index (χ0) is 13.9. The van der Waals surface area contributed by atoms with Crippen molar-refractivity contribution in [2.45, 2.75) is 0 Å². The molecule has 0 amide bonds. The van der Waals surface area contributed by atoms with E-state index in [0.717, 1.165) is 16.5 Å². The van der Waals surface area contributed by atoms with Crippen molar-refractivity contribution in [3.05, 3.63) is 77.0 Å². The van der Waals surface area contributed by atoms with Crippen molar-refractivity contribution in [2.75, 3.05) is 0 Å². The number of benzene rings is 2. The molecule has 3 aromatic rings. The maximum atomic E-state index is 12.0. The number of fused-ring (bicyclic) bond motifs is 1. The average molecular weight is 283 g/mol. The first-order chi connectivity index (χ1) is 9.72. The maximum Gasteiger partial charge on any atom is 0.221 e. The van der Waals surface area contributed by atoms with Gasteiger partial charge in [0.05, 0.1) is 0 Å². The molecule has 0 bridgehead atoms. The Kier molecular flexibility index (Phi) is 3.40. The number of carbonyl (C=O) groups excluding carboxylic acids is 1. The molecule has 0 spiro atoms. The number of furan rings is 1. The Morgan fingerprint density at radius 1 is 1.05 bits per heavy atom. The minimum Gasteiger partial charge on any atom is -0.453 e. The molecule has 0 radical (unpaired) electrons. The third-order valence-electron chi connectivity index (χ3n) is 2.97. The molecule has 1 aromatic heterocycles. The standard InChI is InChI=1S/C17H11ClO2/c18-14-8-5-12(6-9-14)7-10-15(19)17-11-13-3-1-2-4-16(13)20-17/h1-11H. The largest absolute Gasteiger partial charge is 0.453 e. The minimum atomic E-state index is -0.156. The second-order valence-corrected chi connectivity index (χ2v) is 4.83. The van der Waals surface area contributed by atoms with Crippen molar-refractivity contribution >= 4 is 34.4 Å². The van der Waals surface area contributed by atoms with E-state index in [2.05, 4.69) is 0 Å². The molecular weight excluding hydrogens is 272 g/mol. The predicted octanol–water partition coefficient (Wildman–Crippen LogP) is 4.98. The lowest BCUT2D eigenvalue weighted by Crippen LogP contribution is -1.90. The van der Waals surface area contributed by atoms with E-state index in [4.69, 9.17) is 16.0 Å². The highest BCUT2D eigenvalue weighted by molar-refractivity contribution is 6.30. The molecule has 0 saturated carbocycles. The molecule has 0 aliphatic heterocycles. The molecule has 0 aliphatic rings. The number of rotatable bonds is 3. The molecule has 2 nitrogen and oxygen atoms in total. The van der Waals surface area contributed by atoms with E-state index in [1.807, 2.05) is 36.4 Å². The van der Waals surface area contributed by atoms with Gasteiger partial charge in [-0.2, -0.15) is 0 Å². The number of ketones is 1. The highest BCUT2D eigenvalue weighted by atomic mass is 35.5. The van der Waals surface area contributed by atoms with Gasteiger partial charge in [-0.05, 0) is 35.9 Å². The van der Waals surface area contributed by atoms with Gasteiger partial charge < -0.3 is 4.42 Å². The van der Waals surface area contributed by atoms with Gasteiger partial charge in [-0.3, -0.25) is 4.79 Å². The van der Waals surface area contributed by atoms with E-state index in [9.17, 15) is 4.79 Å². The number of halogens is 1. The van der Waals surface area contributed by atoms with Crippen molar-refractivity contribution in [3.8, 4) is 0 Å². The molecule has 20 heavy (non-hydrogen) atoms. The molecule has 0 aliphatic carbocycles. The van der Waals surface area contributed by atoms with Gasteiger partial charge in [0.1, 0.15) is 5.58 Å². The van der Waals surface area contributed by atoms with Crippen LogP contribution in [0.1, 0.15) is 16.1 Å². The summed E-state index contributed by atoms with van der Waals surface area (Å²) in [6.45, 7) is 0. The van der Waals surface area contributed by atoms with E-state index in [1.54, 1.807) is 24.3 Å². The van der Waals surface area contributed by atoms with E-state index < -0.39 is 0 Å². The van der Waals surface area contributed by atoms with Crippen LogP contribution in [0.3, 0.4) is 0 Å². The first-order valence-corrected chi connectivity index (χ1v) is 6.57. The Morgan fingerprint density at radius 3 is 2.55 bits per heavy atom. The fraction of sp³-hybridized carbons (Fsp3) is 0. The number of carbonyl (C=O) groups is 1. The fourth-order valence-corrected chi connectivity index (χ4v) is 2.06. The first-order valence-electron chi connectivity index (χ1n) is 6.19. The second-order valence-electron chi connectivity index (χ2n) is 4.40. The molecule has 0 fully saturated rings. The summed E-state index contributed by atoms with van der Waals surface area (Å²) in [5.74, 6) is 0.188. The minimum absolute atomic E-state index is 0.156. The lowest BCUT2D eigenvalue weighted by Gasteiger charge is -1.93. The van der Waals surface area contributed by atoms with Crippen molar-refractivity contribution in [2.24, 2.45) is 0 Å². The van der Waals surface area contributed by atoms with Gasteiger partial charge in [-0.15, -0.1) is 0 Å². The van der Waals surface area contributed by atoms with Gasteiger partial charge in [-0.1, -0.05) is 48.0 Å². The summed E-state index contributed by atoms with van der Waals surface area (Å²) in [6.07, 6.45) is 3.24. The molecule has 3 heteroatoms. The fourth-order valence-electron chi connectivity index (χ4n) is 1.93. The van der Waals surface area contributed by atoms with Gasteiger partial charge in [0, 0.05) is 10.4 Å². The number of allylic oxidation sites excluding steroid dienone is 1. The van der Waals surface area contributed by atoms with Gasteiger partial charge >= 0.3 is 0 Å². The quantitative estimate of drug-likeness (QED) is 0.501. The van der Waals surface area contributed by atoms with E-state index in [1.165, 1.54) is 6.08 Å². The van der Waals surface area contributed by atoms with Gasteiger partial charge in [-0.25, -0.2) is 0 Å². The molecule has 0 atom stereocenters. The average Bonchev–Trinajstić information content (AvgIpc) is 2.90. The summed E-state index contributed by atoms with van der Waals surface area (Å²) >= 11 is 5.81. The molecule has 98 valence electrons. The Morgan fingerprint density at radius 2 is 1.80 bits per heavy atom. The Bertz CT molecular complexity index is 749. The van der Waals surface area contributed by atoms with Gasteiger partial charge in [0.25, 0.3) is 0 Å². The zero-order valence-electron chi connectivity index (χ0n) is 10.5. The summed E-state index contributed by atoms with van der Waals surface area (Å²) < 4.78 is 5.52. The lowest BCUT2D eigenvalue weighted by atomic mass is 10.2. The highest BCUT2D eigenvalue weighted by Crippen LogP contribution is 2.19. The number of para-hydroxylation sites is 1. The van der Waals surface area contributed by atoms with E-state index >= 15 is 0 Å². The van der Waals surface area contributed by atoms with Crippen LogP contribution < -0.4 is 0 Å². The van der Waals surface area contributed by atoms with Crippen LogP contribution >= 0.6 is 11.6 Å².